The summed E-state index contributed by atoms with van der Waals surface area (Å²) in [6, 6.07) is 5.42. The lowest BCUT2D eigenvalue weighted by Gasteiger charge is -2.37. The standard InChI is InChI=1S/C24H36N4O/c1-17-7-8-22-23(28(17)3)10-9-21(24(22)29-20-5-4-6-20)18(15-25)16-26-19-11-13-27(2)14-12-19/h9-10,15-17,19-20,25-26H,4-8,11-14H2,1-3H3/b18-16+,25-15?. The molecule has 1 unspecified atom stereocenters. The highest BCUT2D eigenvalue weighted by atomic mass is 16.5. The number of fused-ring (bicyclic) bond motifs is 1. The van der Waals surface area contributed by atoms with Crippen molar-refractivity contribution in [1.29, 1.82) is 5.41 Å². The summed E-state index contributed by atoms with van der Waals surface area (Å²) >= 11 is 0. The molecule has 158 valence electrons. The zero-order chi connectivity index (χ0) is 20.4. The first kappa shape index (κ1) is 20.3. The molecule has 5 heteroatoms. The molecule has 0 bridgehead atoms. The van der Waals surface area contributed by atoms with Crippen LogP contribution in [0.25, 0.3) is 5.57 Å². The van der Waals surface area contributed by atoms with Gasteiger partial charge in [0.1, 0.15) is 5.75 Å². The van der Waals surface area contributed by atoms with E-state index in [0.717, 1.165) is 68.5 Å². The maximum Gasteiger partial charge on any atom is 0.132 e. The lowest BCUT2D eigenvalue weighted by Crippen LogP contribution is -2.38. The van der Waals surface area contributed by atoms with E-state index in [4.69, 9.17) is 10.1 Å². The van der Waals surface area contributed by atoms with E-state index in [9.17, 15) is 0 Å². The lowest BCUT2D eigenvalue weighted by atomic mass is 9.91. The van der Waals surface area contributed by atoms with E-state index in [1.807, 2.05) is 6.20 Å². The van der Waals surface area contributed by atoms with Crippen molar-refractivity contribution < 1.29 is 4.74 Å². The quantitative estimate of drug-likeness (QED) is 0.712. The first-order valence-electron chi connectivity index (χ1n) is 11.3. The predicted molar refractivity (Wildman–Crippen MR) is 121 cm³/mol. The molecule has 0 spiro atoms. The molecule has 0 aromatic heterocycles. The van der Waals surface area contributed by atoms with Crippen molar-refractivity contribution in [1.82, 2.24) is 10.2 Å². The van der Waals surface area contributed by atoms with Crippen LogP contribution in [0.2, 0.25) is 0 Å². The molecule has 1 aromatic rings. The second-order valence-corrected chi connectivity index (χ2v) is 9.10. The van der Waals surface area contributed by atoms with E-state index in [1.165, 1.54) is 23.9 Å². The maximum atomic E-state index is 8.09. The molecule has 29 heavy (non-hydrogen) atoms. The second kappa shape index (κ2) is 8.78. The van der Waals surface area contributed by atoms with Gasteiger partial charge in [-0.1, -0.05) is 0 Å². The van der Waals surface area contributed by atoms with Crippen LogP contribution in [0.1, 0.15) is 56.6 Å². The molecule has 0 radical (unpaired) electrons. The third kappa shape index (κ3) is 4.30. The van der Waals surface area contributed by atoms with Crippen LogP contribution in [-0.2, 0) is 6.42 Å². The largest absolute Gasteiger partial charge is 0.489 e. The molecule has 4 rings (SSSR count). The number of anilines is 1. The number of nitrogens with one attached hydrogen (secondary N) is 2. The van der Waals surface area contributed by atoms with E-state index in [-0.39, 0.29) is 0 Å². The fourth-order valence-corrected chi connectivity index (χ4v) is 4.57. The number of hydrogen-bond donors (Lipinski definition) is 2. The van der Waals surface area contributed by atoms with Gasteiger partial charge in [-0.15, -0.1) is 0 Å². The van der Waals surface area contributed by atoms with Crippen molar-refractivity contribution in [2.45, 2.75) is 70.1 Å². The van der Waals surface area contributed by atoms with Gasteiger partial charge in [-0.25, -0.2) is 0 Å². The summed E-state index contributed by atoms with van der Waals surface area (Å²) in [5, 5.41) is 11.7. The highest BCUT2D eigenvalue weighted by molar-refractivity contribution is 6.09. The first-order chi connectivity index (χ1) is 14.1. The highest BCUT2D eigenvalue weighted by Crippen LogP contribution is 2.42. The minimum atomic E-state index is 0.332. The zero-order valence-corrected chi connectivity index (χ0v) is 18.2. The first-order valence-corrected chi connectivity index (χ1v) is 11.3. The minimum Gasteiger partial charge on any atom is -0.489 e. The molecule has 1 saturated heterocycles. The summed E-state index contributed by atoms with van der Waals surface area (Å²) in [5.41, 5.74) is 4.59. The lowest BCUT2D eigenvalue weighted by molar-refractivity contribution is 0.118. The summed E-state index contributed by atoms with van der Waals surface area (Å²) in [6.45, 7) is 4.55. The van der Waals surface area contributed by atoms with E-state index in [0.29, 0.717) is 18.2 Å². The van der Waals surface area contributed by atoms with Gasteiger partial charge < -0.3 is 25.3 Å². The molecular formula is C24H36N4O. The van der Waals surface area contributed by atoms with Crippen molar-refractivity contribution in [2.24, 2.45) is 0 Å². The Morgan fingerprint density at radius 3 is 2.55 bits per heavy atom. The maximum absolute atomic E-state index is 8.09. The van der Waals surface area contributed by atoms with Crippen molar-refractivity contribution in [2.75, 3.05) is 32.1 Å². The molecule has 1 aliphatic carbocycles. The van der Waals surface area contributed by atoms with Crippen LogP contribution in [0, 0.1) is 5.41 Å². The average Bonchev–Trinajstić information content (AvgIpc) is 2.70. The SMILES string of the molecule is CC1CCc2c(ccc(/C(C=N)=C/NC3CCN(C)CC3)c2OC2CCC2)N1C. The number of hydrogen-bond acceptors (Lipinski definition) is 5. The van der Waals surface area contributed by atoms with Gasteiger partial charge in [0, 0.05) is 53.9 Å². The molecule has 1 atom stereocenters. The number of ether oxygens (including phenoxy) is 1. The number of allylic oxidation sites excluding steroid dienone is 1. The van der Waals surface area contributed by atoms with Crippen LogP contribution in [0.4, 0.5) is 5.69 Å². The summed E-state index contributed by atoms with van der Waals surface area (Å²) in [4.78, 5) is 4.76. The van der Waals surface area contributed by atoms with Gasteiger partial charge in [-0.3, -0.25) is 0 Å². The van der Waals surface area contributed by atoms with E-state index < -0.39 is 0 Å². The molecule has 3 aliphatic rings. The van der Waals surface area contributed by atoms with Crippen LogP contribution < -0.4 is 15.0 Å². The van der Waals surface area contributed by atoms with E-state index >= 15 is 0 Å². The van der Waals surface area contributed by atoms with Crippen LogP contribution in [-0.4, -0.2) is 56.5 Å². The third-order valence-corrected chi connectivity index (χ3v) is 7.09. The summed E-state index contributed by atoms with van der Waals surface area (Å²) in [6.07, 6.45) is 11.9. The fourth-order valence-electron chi connectivity index (χ4n) is 4.57. The summed E-state index contributed by atoms with van der Waals surface area (Å²) in [5.74, 6) is 1.02. The Labute approximate surface area is 175 Å². The fraction of sp³-hybridized carbons (Fsp3) is 0.625. The molecule has 0 amide bonds. The molecule has 1 aromatic carbocycles. The van der Waals surface area contributed by atoms with Gasteiger partial charge in [0.2, 0.25) is 0 Å². The average molecular weight is 397 g/mol. The number of benzene rings is 1. The van der Waals surface area contributed by atoms with Crippen molar-refractivity contribution >= 4 is 17.5 Å². The summed E-state index contributed by atoms with van der Waals surface area (Å²) < 4.78 is 6.55. The number of piperidine rings is 1. The monoisotopic (exact) mass is 396 g/mol. The van der Waals surface area contributed by atoms with Gasteiger partial charge in [-0.2, -0.15) is 0 Å². The predicted octanol–water partition coefficient (Wildman–Crippen LogP) is 4.06. The van der Waals surface area contributed by atoms with Crippen LogP contribution in [0.3, 0.4) is 0 Å². The van der Waals surface area contributed by atoms with Gasteiger partial charge in [0.15, 0.2) is 0 Å². The molecule has 1 saturated carbocycles. The molecule has 2 N–H and O–H groups in total. The number of likely N-dealkylation sites (tertiary alicyclic amines) is 1. The normalized spacial score (nSPS) is 24.0. The Kier molecular flexibility index (Phi) is 6.14. The molecule has 2 aliphatic heterocycles. The van der Waals surface area contributed by atoms with Crippen LogP contribution in [0.5, 0.6) is 5.75 Å². The van der Waals surface area contributed by atoms with Gasteiger partial charge >= 0.3 is 0 Å². The van der Waals surface area contributed by atoms with E-state index in [1.54, 1.807) is 0 Å². The van der Waals surface area contributed by atoms with Crippen molar-refractivity contribution in [3.05, 3.63) is 29.5 Å². The Morgan fingerprint density at radius 1 is 1.14 bits per heavy atom. The van der Waals surface area contributed by atoms with Crippen molar-refractivity contribution in [3.8, 4) is 5.75 Å². The van der Waals surface area contributed by atoms with Crippen molar-refractivity contribution in [3.63, 3.8) is 0 Å². The highest BCUT2D eigenvalue weighted by Gasteiger charge is 2.28. The minimum absolute atomic E-state index is 0.332. The Bertz CT molecular complexity index is 762. The third-order valence-electron chi connectivity index (χ3n) is 7.09. The topological polar surface area (TPSA) is 51.6 Å². The van der Waals surface area contributed by atoms with Gasteiger partial charge in [0.25, 0.3) is 0 Å². The molecule has 2 heterocycles. The molecule has 2 fully saturated rings. The Hall–Kier alpha value is -2.01. The Morgan fingerprint density at radius 2 is 1.90 bits per heavy atom. The molecule has 5 nitrogen and oxygen atoms in total. The van der Waals surface area contributed by atoms with Crippen LogP contribution >= 0.6 is 0 Å². The zero-order valence-electron chi connectivity index (χ0n) is 18.2. The van der Waals surface area contributed by atoms with Gasteiger partial charge in [0.05, 0.1) is 6.10 Å². The van der Waals surface area contributed by atoms with Gasteiger partial charge in [-0.05, 0) is 84.1 Å². The number of rotatable bonds is 6. The van der Waals surface area contributed by atoms with E-state index in [2.05, 4.69) is 48.3 Å². The Balaban J connectivity index is 1.63. The number of nitrogens with zero attached hydrogens (tertiary/aromatic N) is 2. The van der Waals surface area contributed by atoms with Crippen LogP contribution in [0.15, 0.2) is 18.3 Å². The smallest absolute Gasteiger partial charge is 0.132 e. The summed E-state index contributed by atoms with van der Waals surface area (Å²) in [7, 11) is 4.37. The molecular weight excluding hydrogens is 360 g/mol. The second-order valence-electron chi connectivity index (χ2n) is 9.10.